The summed E-state index contributed by atoms with van der Waals surface area (Å²) in [7, 11) is 0. The van der Waals surface area contributed by atoms with Gasteiger partial charge in [-0.25, -0.2) is 4.39 Å². The maximum atomic E-state index is 13.7. The Balaban J connectivity index is 1.86. The molecule has 2 nitrogen and oxygen atoms in total. The van der Waals surface area contributed by atoms with E-state index in [4.69, 9.17) is 11.6 Å². The minimum Gasteiger partial charge on any atom is -0.309 e. The summed E-state index contributed by atoms with van der Waals surface area (Å²) >= 11 is 5.96. The number of nitrogens with zero attached hydrogens (tertiary/aromatic N) is 1. The lowest BCUT2D eigenvalue weighted by Gasteiger charge is -2.28. The van der Waals surface area contributed by atoms with Crippen molar-refractivity contribution in [2.45, 2.75) is 12.8 Å². The third-order valence-corrected chi connectivity index (χ3v) is 4.10. The van der Waals surface area contributed by atoms with Crippen LogP contribution in [-0.4, -0.2) is 12.5 Å². The van der Waals surface area contributed by atoms with Gasteiger partial charge in [-0.1, -0.05) is 35.9 Å². The van der Waals surface area contributed by atoms with Crippen LogP contribution in [0.5, 0.6) is 0 Å². The van der Waals surface area contributed by atoms with Gasteiger partial charge < -0.3 is 4.90 Å². The van der Waals surface area contributed by atoms with Crippen molar-refractivity contribution < 1.29 is 9.18 Å². The molecule has 0 saturated heterocycles. The number of aryl methyl sites for hydroxylation is 1. The molecule has 0 fully saturated rings. The van der Waals surface area contributed by atoms with Crippen LogP contribution < -0.4 is 4.90 Å². The van der Waals surface area contributed by atoms with Crippen molar-refractivity contribution in [1.29, 1.82) is 0 Å². The lowest BCUT2D eigenvalue weighted by Crippen LogP contribution is -2.34. The minimum atomic E-state index is -0.435. The molecule has 0 radical (unpaired) electrons. The average Bonchev–Trinajstić information content (AvgIpc) is 2.53. The Bertz CT molecular complexity index is 721. The molecule has 0 saturated carbocycles. The van der Waals surface area contributed by atoms with Crippen LogP contribution in [0.3, 0.4) is 0 Å². The van der Waals surface area contributed by atoms with Gasteiger partial charge in [0.05, 0.1) is 5.02 Å². The molecule has 0 spiro atoms. The summed E-state index contributed by atoms with van der Waals surface area (Å²) in [6.07, 6.45) is 4.73. The van der Waals surface area contributed by atoms with E-state index in [0.717, 1.165) is 18.5 Å². The first kappa shape index (κ1) is 14.8. The summed E-state index contributed by atoms with van der Waals surface area (Å²) in [6.45, 7) is 0.672. The van der Waals surface area contributed by atoms with E-state index in [9.17, 15) is 9.18 Å². The van der Waals surface area contributed by atoms with E-state index >= 15 is 0 Å². The van der Waals surface area contributed by atoms with E-state index in [1.54, 1.807) is 11.0 Å². The van der Waals surface area contributed by atoms with Crippen LogP contribution >= 0.6 is 11.6 Å². The topological polar surface area (TPSA) is 20.3 Å². The molecule has 112 valence electrons. The molecule has 0 bridgehead atoms. The summed E-state index contributed by atoms with van der Waals surface area (Å²) in [4.78, 5) is 14.2. The third-order valence-electron chi connectivity index (χ3n) is 3.77. The van der Waals surface area contributed by atoms with E-state index in [1.165, 1.54) is 29.8 Å². The molecule has 0 aromatic heterocycles. The van der Waals surface area contributed by atoms with Gasteiger partial charge in [0.15, 0.2) is 0 Å². The van der Waals surface area contributed by atoms with Gasteiger partial charge in [0.25, 0.3) is 5.91 Å². The Morgan fingerprint density at radius 1 is 1.18 bits per heavy atom. The quantitative estimate of drug-likeness (QED) is 0.749. The maximum Gasteiger partial charge on any atom is 0.251 e. The maximum absolute atomic E-state index is 13.7. The monoisotopic (exact) mass is 315 g/mol. The Morgan fingerprint density at radius 2 is 2.00 bits per heavy atom. The predicted octanol–water partition coefficient (Wildman–Crippen LogP) is 4.47. The van der Waals surface area contributed by atoms with E-state index in [-0.39, 0.29) is 11.5 Å². The smallest absolute Gasteiger partial charge is 0.251 e. The van der Waals surface area contributed by atoms with Crippen molar-refractivity contribution >= 4 is 29.3 Å². The molecule has 1 amide bonds. The number of amides is 1. The highest BCUT2D eigenvalue weighted by Gasteiger charge is 2.20. The number of anilines is 1. The predicted molar refractivity (Wildman–Crippen MR) is 87.6 cm³/mol. The molecule has 1 aliphatic rings. The molecule has 4 heteroatoms. The molecule has 2 aromatic carbocycles. The third kappa shape index (κ3) is 2.90. The van der Waals surface area contributed by atoms with Crippen LogP contribution in [0.15, 0.2) is 48.5 Å². The highest BCUT2D eigenvalue weighted by Crippen LogP contribution is 2.27. The zero-order valence-electron chi connectivity index (χ0n) is 11.9. The first-order valence-corrected chi connectivity index (χ1v) is 7.56. The normalized spacial score (nSPS) is 14.2. The van der Waals surface area contributed by atoms with Crippen molar-refractivity contribution in [3.8, 4) is 0 Å². The van der Waals surface area contributed by atoms with Crippen molar-refractivity contribution in [3.63, 3.8) is 0 Å². The molecular weight excluding hydrogens is 301 g/mol. The largest absolute Gasteiger partial charge is 0.309 e. The lowest BCUT2D eigenvalue weighted by molar-refractivity contribution is -0.114. The van der Waals surface area contributed by atoms with Gasteiger partial charge in [-0.3, -0.25) is 4.79 Å². The molecule has 0 unspecified atom stereocenters. The standard InChI is InChI=1S/C18H15ClFNO/c19-15-7-3-8-16(20)14(15)10-11-18(22)21-12-4-6-13-5-1-2-9-17(13)21/h1-3,5,7-11H,4,6,12H2/b11-10+. The second-order valence-corrected chi connectivity index (χ2v) is 5.60. The van der Waals surface area contributed by atoms with Crippen LogP contribution in [0, 0.1) is 5.82 Å². The number of fused-ring (bicyclic) bond motifs is 1. The van der Waals surface area contributed by atoms with Crippen LogP contribution in [0.2, 0.25) is 5.02 Å². The second kappa shape index (κ2) is 6.32. The summed E-state index contributed by atoms with van der Waals surface area (Å²) < 4.78 is 13.7. The zero-order valence-corrected chi connectivity index (χ0v) is 12.7. The van der Waals surface area contributed by atoms with Gasteiger partial charge in [0.1, 0.15) is 5.82 Å². The summed E-state index contributed by atoms with van der Waals surface area (Å²) in [5.74, 6) is -0.595. The van der Waals surface area contributed by atoms with E-state index in [1.807, 2.05) is 24.3 Å². The molecular formula is C18H15ClFNO. The Morgan fingerprint density at radius 3 is 2.82 bits per heavy atom. The molecule has 22 heavy (non-hydrogen) atoms. The van der Waals surface area contributed by atoms with Crippen molar-refractivity contribution in [2.24, 2.45) is 0 Å². The summed E-state index contributed by atoms with van der Waals surface area (Å²) in [5.41, 5.74) is 2.34. The number of para-hydroxylation sites is 1. The first-order valence-electron chi connectivity index (χ1n) is 7.18. The van der Waals surface area contributed by atoms with E-state index in [2.05, 4.69) is 0 Å². The zero-order chi connectivity index (χ0) is 15.5. The highest BCUT2D eigenvalue weighted by atomic mass is 35.5. The van der Waals surface area contributed by atoms with Crippen LogP contribution in [-0.2, 0) is 11.2 Å². The van der Waals surface area contributed by atoms with Crippen LogP contribution in [0.25, 0.3) is 6.08 Å². The van der Waals surface area contributed by atoms with Crippen LogP contribution in [0.4, 0.5) is 10.1 Å². The second-order valence-electron chi connectivity index (χ2n) is 5.19. The molecule has 1 aliphatic heterocycles. The lowest BCUT2D eigenvalue weighted by atomic mass is 10.0. The number of halogens is 2. The van der Waals surface area contributed by atoms with Gasteiger partial charge in [-0.15, -0.1) is 0 Å². The Hall–Kier alpha value is -2.13. The van der Waals surface area contributed by atoms with Crippen molar-refractivity contribution in [2.75, 3.05) is 11.4 Å². The Kier molecular flexibility index (Phi) is 4.25. The highest BCUT2D eigenvalue weighted by molar-refractivity contribution is 6.32. The SMILES string of the molecule is O=C(/C=C/c1c(F)cccc1Cl)N1CCCc2ccccc21. The number of carbonyl (C=O) groups is 1. The molecule has 0 N–H and O–H groups in total. The molecule has 0 atom stereocenters. The van der Waals surface area contributed by atoms with Gasteiger partial charge in [0, 0.05) is 23.9 Å². The summed E-state index contributed by atoms with van der Waals surface area (Å²) in [6, 6.07) is 12.3. The van der Waals surface area contributed by atoms with Gasteiger partial charge >= 0.3 is 0 Å². The Labute approximate surface area is 133 Å². The number of rotatable bonds is 2. The van der Waals surface area contributed by atoms with Gasteiger partial charge in [0.2, 0.25) is 0 Å². The summed E-state index contributed by atoms with van der Waals surface area (Å²) in [5, 5.41) is 0.295. The first-order chi connectivity index (χ1) is 10.7. The number of benzene rings is 2. The van der Waals surface area contributed by atoms with Gasteiger partial charge in [-0.05, 0) is 42.7 Å². The van der Waals surface area contributed by atoms with E-state index < -0.39 is 5.82 Å². The number of hydrogen-bond acceptors (Lipinski definition) is 1. The fraction of sp³-hybridized carbons (Fsp3) is 0.167. The van der Waals surface area contributed by atoms with Gasteiger partial charge in [-0.2, -0.15) is 0 Å². The molecule has 0 aliphatic carbocycles. The molecule has 2 aromatic rings. The fourth-order valence-corrected chi connectivity index (χ4v) is 2.90. The fourth-order valence-electron chi connectivity index (χ4n) is 2.68. The van der Waals surface area contributed by atoms with Crippen molar-refractivity contribution in [3.05, 3.63) is 70.5 Å². The molecule has 3 rings (SSSR count). The number of hydrogen-bond donors (Lipinski definition) is 0. The average molecular weight is 316 g/mol. The minimum absolute atomic E-state index is 0.161. The molecule has 1 heterocycles. The van der Waals surface area contributed by atoms with Crippen molar-refractivity contribution in [1.82, 2.24) is 0 Å². The van der Waals surface area contributed by atoms with Crippen LogP contribution in [0.1, 0.15) is 17.5 Å². The van der Waals surface area contributed by atoms with E-state index in [0.29, 0.717) is 11.6 Å². The number of carbonyl (C=O) groups excluding carboxylic acids is 1.